The number of rotatable bonds is 6. The van der Waals surface area contributed by atoms with Crippen LogP contribution in [-0.4, -0.2) is 18.5 Å². The molecule has 0 aliphatic rings. The number of nitrogens with one attached hydrogen (secondary N) is 1. The lowest BCUT2D eigenvalue weighted by atomic mass is 10.1. The van der Waals surface area contributed by atoms with Crippen molar-refractivity contribution in [1.29, 1.82) is 0 Å². The fourth-order valence-corrected chi connectivity index (χ4v) is 2.18. The number of esters is 1. The molecule has 0 fully saturated rings. The molecule has 0 heterocycles. The molecular formula is C20H21NO3. The first-order valence-electron chi connectivity index (χ1n) is 7.87. The SMILES string of the molecule is CCc1cccc(NC(=O)COC(=O)/C=C/c2ccccc2C)c1. The molecule has 4 heteroatoms. The van der Waals surface area contributed by atoms with E-state index in [1.807, 2.05) is 56.3 Å². The van der Waals surface area contributed by atoms with Gasteiger partial charge in [-0.25, -0.2) is 4.79 Å². The molecule has 0 atom stereocenters. The highest BCUT2D eigenvalue weighted by Gasteiger charge is 2.06. The van der Waals surface area contributed by atoms with Crippen molar-refractivity contribution in [2.24, 2.45) is 0 Å². The summed E-state index contributed by atoms with van der Waals surface area (Å²) >= 11 is 0. The van der Waals surface area contributed by atoms with E-state index in [4.69, 9.17) is 4.74 Å². The van der Waals surface area contributed by atoms with E-state index in [1.165, 1.54) is 6.08 Å². The Kier molecular flexibility index (Phi) is 6.32. The quantitative estimate of drug-likeness (QED) is 0.650. The topological polar surface area (TPSA) is 55.4 Å². The van der Waals surface area contributed by atoms with Gasteiger partial charge in [0.2, 0.25) is 0 Å². The third kappa shape index (κ3) is 5.39. The third-order valence-electron chi connectivity index (χ3n) is 3.55. The molecule has 0 unspecified atom stereocenters. The summed E-state index contributed by atoms with van der Waals surface area (Å²) in [5.41, 5.74) is 3.84. The number of benzene rings is 2. The van der Waals surface area contributed by atoms with Crippen molar-refractivity contribution in [3.8, 4) is 0 Å². The number of carbonyl (C=O) groups excluding carboxylic acids is 2. The van der Waals surface area contributed by atoms with Gasteiger partial charge in [0, 0.05) is 11.8 Å². The van der Waals surface area contributed by atoms with Crippen LogP contribution in [0.25, 0.3) is 6.08 Å². The van der Waals surface area contributed by atoms with Crippen LogP contribution in [0.3, 0.4) is 0 Å². The fourth-order valence-electron chi connectivity index (χ4n) is 2.18. The van der Waals surface area contributed by atoms with Gasteiger partial charge in [0.1, 0.15) is 0 Å². The Hall–Kier alpha value is -2.88. The largest absolute Gasteiger partial charge is 0.452 e. The normalized spacial score (nSPS) is 10.6. The van der Waals surface area contributed by atoms with E-state index in [1.54, 1.807) is 12.1 Å². The Labute approximate surface area is 142 Å². The molecule has 0 radical (unpaired) electrons. The highest BCUT2D eigenvalue weighted by atomic mass is 16.5. The van der Waals surface area contributed by atoms with E-state index < -0.39 is 5.97 Å². The van der Waals surface area contributed by atoms with Gasteiger partial charge < -0.3 is 10.1 Å². The number of hydrogen-bond donors (Lipinski definition) is 1. The van der Waals surface area contributed by atoms with Crippen molar-refractivity contribution in [3.63, 3.8) is 0 Å². The number of carbonyl (C=O) groups is 2. The lowest BCUT2D eigenvalue weighted by molar-refractivity contribution is -0.142. The minimum absolute atomic E-state index is 0.312. The molecule has 1 amide bonds. The fraction of sp³-hybridized carbons (Fsp3) is 0.200. The lowest BCUT2D eigenvalue weighted by Gasteiger charge is -2.06. The summed E-state index contributed by atoms with van der Waals surface area (Å²) < 4.78 is 4.96. The van der Waals surface area contributed by atoms with Crippen LogP contribution in [-0.2, 0) is 20.7 Å². The van der Waals surface area contributed by atoms with Gasteiger partial charge in [-0.3, -0.25) is 4.79 Å². The molecule has 2 aromatic carbocycles. The molecule has 0 aliphatic carbocycles. The lowest BCUT2D eigenvalue weighted by Crippen LogP contribution is -2.20. The van der Waals surface area contributed by atoms with Gasteiger partial charge >= 0.3 is 5.97 Å². The second-order valence-corrected chi connectivity index (χ2v) is 5.40. The Bertz CT molecular complexity index is 750. The van der Waals surface area contributed by atoms with Crippen molar-refractivity contribution in [1.82, 2.24) is 0 Å². The first kappa shape index (κ1) is 17.5. The second-order valence-electron chi connectivity index (χ2n) is 5.40. The maximum Gasteiger partial charge on any atom is 0.331 e. The van der Waals surface area contributed by atoms with Crippen LogP contribution in [0.5, 0.6) is 0 Å². The Morgan fingerprint density at radius 2 is 1.92 bits per heavy atom. The molecule has 0 aromatic heterocycles. The van der Waals surface area contributed by atoms with Gasteiger partial charge in [-0.15, -0.1) is 0 Å². The standard InChI is InChI=1S/C20H21NO3/c1-3-16-8-6-10-18(13-16)21-19(22)14-24-20(23)12-11-17-9-5-4-7-15(17)2/h4-13H,3,14H2,1-2H3,(H,21,22)/b12-11+. The first-order valence-corrected chi connectivity index (χ1v) is 7.87. The van der Waals surface area contributed by atoms with Crippen LogP contribution in [0.4, 0.5) is 5.69 Å². The van der Waals surface area contributed by atoms with E-state index in [9.17, 15) is 9.59 Å². The average Bonchev–Trinajstić information content (AvgIpc) is 2.59. The van der Waals surface area contributed by atoms with E-state index in [-0.39, 0.29) is 12.5 Å². The highest BCUT2D eigenvalue weighted by molar-refractivity contribution is 5.94. The zero-order valence-corrected chi connectivity index (χ0v) is 13.9. The summed E-state index contributed by atoms with van der Waals surface area (Å²) in [6, 6.07) is 15.3. The summed E-state index contributed by atoms with van der Waals surface area (Å²) in [6.45, 7) is 3.69. The Morgan fingerprint density at radius 1 is 1.12 bits per heavy atom. The minimum Gasteiger partial charge on any atom is -0.452 e. The summed E-state index contributed by atoms with van der Waals surface area (Å²) in [5.74, 6) is -0.906. The summed E-state index contributed by atoms with van der Waals surface area (Å²) in [5, 5.41) is 2.71. The maximum absolute atomic E-state index is 11.8. The predicted molar refractivity (Wildman–Crippen MR) is 95.6 cm³/mol. The smallest absolute Gasteiger partial charge is 0.331 e. The third-order valence-corrected chi connectivity index (χ3v) is 3.55. The highest BCUT2D eigenvalue weighted by Crippen LogP contribution is 2.11. The number of anilines is 1. The number of aryl methyl sites for hydroxylation is 2. The molecule has 1 N–H and O–H groups in total. The van der Waals surface area contributed by atoms with E-state index in [0.717, 1.165) is 23.1 Å². The van der Waals surface area contributed by atoms with Crippen LogP contribution in [0.2, 0.25) is 0 Å². The van der Waals surface area contributed by atoms with Gasteiger partial charge in [-0.1, -0.05) is 43.3 Å². The molecule has 4 nitrogen and oxygen atoms in total. The molecule has 0 bridgehead atoms. The molecule has 0 saturated heterocycles. The maximum atomic E-state index is 11.8. The zero-order valence-electron chi connectivity index (χ0n) is 13.9. The minimum atomic E-state index is -0.546. The monoisotopic (exact) mass is 323 g/mol. The Balaban J connectivity index is 1.83. The van der Waals surface area contributed by atoms with Crippen molar-refractivity contribution in [2.45, 2.75) is 20.3 Å². The molecule has 2 rings (SSSR count). The summed E-state index contributed by atoms with van der Waals surface area (Å²) in [6.07, 6.45) is 3.90. The average molecular weight is 323 g/mol. The number of amides is 1. The van der Waals surface area contributed by atoms with Crippen LogP contribution in [0.15, 0.2) is 54.6 Å². The van der Waals surface area contributed by atoms with E-state index in [2.05, 4.69) is 5.32 Å². The van der Waals surface area contributed by atoms with E-state index >= 15 is 0 Å². The number of ether oxygens (including phenoxy) is 1. The molecule has 124 valence electrons. The first-order chi connectivity index (χ1) is 11.6. The van der Waals surface area contributed by atoms with Crippen LogP contribution in [0, 0.1) is 6.92 Å². The van der Waals surface area contributed by atoms with Crippen LogP contribution >= 0.6 is 0 Å². The molecule has 0 aliphatic heterocycles. The predicted octanol–water partition coefficient (Wildman–Crippen LogP) is 3.75. The van der Waals surface area contributed by atoms with Crippen molar-refractivity contribution in [2.75, 3.05) is 11.9 Å². The van der Waals surface area contributed by atoms with Crippen LogP contribution in [0.1, 0.15) is 23.6 Å². The summed E-state index contributed by atoms with van der Waals surface area (Å²) in [4.78, 5) is 23.5. The second kappa shape index (κ2) is 8.67. The molecular weight excluding hydrogens is 302 g/mol. The molecule has 0 spiro atoms. The van der Waals surface area contributed by atoms with Crippen molar-refractivity contribution >= 4 is 23.6 Å². The van der Waals surface area contributed by atoms with Gasteiger partial charge in [-0.05, 0) is 48.2 Å². The molecule has 2 aromatic rings. The van der Waals surface area contributed by atoms with Gasteiger partial charge in [0.15, 0.2) is 6.61 Å². The van der Waals surface area contributed by atoms with Crippen molar-refractivity contribution in [3.05, 3.63) is 71.3 Å². The van der Waals surface area contributed by atoms with Gasteiger partial charge in [0.25, 0.3) is 5.91 Å². The van der Waals surface area contributed by atoms with Crippen molar-refractivity contribution < 1.29 is 14.3 Å². The van der Waals surface area contributed by atoms with Gasteiger partial charge in [0.05, 0.1) is 0 Å². The van der Waals surface area contributed by atoms with Crippen LogP contribution < -0.4 is 5.32 Å². The zero-order chi connectivity index (χ0) is 17.4. The Morgan fingerprint density at radius 3 is 2.67 bits per heavy atom. The van der Waals surface area contributed by atoms with E-state index in [0.29, 0.717) is 5.69 Å². The molecule has 0 saturated carbocycles. The molecule has 24 heavy (non-hydrogen) atoms. The summed E-state index contributed by atoms with van der Waals surface area (Å²) in [7, 11) is 0. The number of hydrogen-bond acceptors (Lipinski definition) is 3. The van der Waals surface area contributed by atoms with Gasteiger partial charge in [-0.2, -0.15) is 0 Å².